The first-order chi connectivity index (χ1) is 6.29. The Morgan fingerprint density at radius 3 is 3.15 bits per heavy atom. The smallest absolute Gasteiger partial charge is 0.209 e. The minimum atomic E-state index is 0.189. The predicted octanol–water partition coefficient (Wildman–Crippen LogP) is 1.48. The lowest BCUT2D eigenvalue weighted by Crippen LogP contribution is -1.82. The second-order valence-corrected chi connectivity index (χ2v) is 2.67. The molecule has 0 amide bonds. The zero-order valence-electron chi connectivity index (χ0n) is 6.82. The van der Waals surface area contributed by atoms with E-state index in [0.717, 1.165) is 0 Å². The van der Waals surface area contributed by atoms with Crippen molar-refractivity contribution in [2.24, 2.45) is 0 Å². The Hall–Kier alpha value is -2.02. The number of benzene rings is 1. The number of oxazole rings is 1. The van der Waals surface area contributed by atoms with Crippen LogP contribution in [0.4, 0.5) is 5.69 Å². The van der Waals surface area contributed by atoms with E-state index in [4.69, 9.17) is 15.4 Å². The van der Waals surface area contributed by atoms with E-state index in [2.05, 4.69) is 4.98 Å². The average Bonchev–Trinajstić information content (AvgIpc) is 2.46. The molecule has 0 aliphatic carbocycles. The summed E-state index contributed by atoms with van der Waals surface area (Å²) in [6.45, 7) is 0. The number of fused-ring (bicyclic) bond motifs is 1. The van der Waals surface area contributed by atoms with Crippen molar-refractivity contribution >= 4 is 16.8 Å². The molecule has 4 nitrogen and oxygen atoms in total. The maximum Gasteiger partial charge on any atom is 0.209 e. The topological polar surface area (TPSA) is 75.8 Å². The van der Waals surface area contributed by atoms with Crippen molar-refractivity contribution in [3.05, 3.63) is 24.1 Å². The van der Waals surface area contributed by atoms with E-state index in [9.17, 15) is 0 Å². The van der Waals surface area contributed by atoms with Gasteiger partial charge in [-0.1, -0.05) is 0 Å². The van der Waals surface area contributed by atoms with Gasteiger partial charge in [-0.05, 0) is 18.2 Å². The fourth-order valence-electron chi connectivity index (χ4n) is 1.14. The number of nitrogens with zero attached hydrogens (tertiary/aromatic N) is 2. The second kappa shape index (κ2) is 2.79. The van der Waals surface area contributed by atoms with Crippen LogP contribution in [0, 0.1) is 11.3 Å². The van der Waals surface area contributed by atoms with Crippen LogP contribution in [0.2, 0.25) is 0 Å². The molecular weight excluding hydrogens is 166 g/mol. The van der Waals surface area contributed by atoms with Gasteiger partial charge in [0.2, 0.25) is 5.89 Å². The first kappa shape index (κ1) is 7.62. The summed E-state index contributed by atoms with van der Waals surface area (Å²) in [6, 6.07) is 7.18. The molecule has 0 saturated heterocycles. The van der Waals surface area contributed by atoms with Gasteiger partial charge in [0.1, 0.15) is 11.9 Å². The molecule has 1 aromatic heterocycles. The number of hydrogen-bond donors (Lipinski definition) is 1. The van der Waals surface area contributed by atoms with Gasteiger partial charge in [-0.15, -0.1) is 0 Å². The molecule has 1 aromatic carbocycles. The lowest BCUT2D eigenvalue weighted by Gasteiger charge is -1.88. The molecule has 0 aliphatic heterocycles. The van der Waals surface area contributed by atoms with E-state index >= 15 is 0 Å². The van der Waals surface area contributed by atoms with E-state index < -0.39 is 0 Å². The van der Waals surface area contributed by atoms with Crippen molar-refractivity contribution < 1.29 is 4.42 Å². The molecule has 4 heteroatoms. The molecule has 2 N–H and O–H groups in total. The maximum absolute atomic E-state index is 8.42. The number of hydrogen-bond acceptors (Lipinski definition) is 4. The third-order valence-electron chi connectivity index (χ3n) is 1.69. The van der Waals surface area contributed by atoms with Crippen LogP contribution in [0.15, 0.2) is 22.6 Å². The third kappa shape index (κ3) is 1.32. The minimum Gasteiger partial charge on any atom is -0.440 e. The van der Waals surface area contributed by atoms with Crippen molar-refractivity contribution in [1.29, 1.82) is 5.26 Å². The van der Waals surface area contributed by atoms with E-state index in [1.807, 2.05) is 6.07 Å². The Morgan fingerprint density at radius 1 is 1.54 bits per heavy atom. The Bertz CT molecular complexity index is 481. The third-order valence-corrected chi connectivity index (χ3v) is 1.69. The van der Waals surface area contributed by atoms with Crippen molar-refractivity contribution in [2.45, 2.75) is 6.42 Å². The van der Waals surface area contributed by atoms with Crippen LogP contribution in [0.25, 0.3) is 11.1 Å². The molecular formula is C9H7N3O. The predicted molar refractivity (Wildman–Crippen MR) is 47.7 cm³/mol. The molecule has 0 unspecified atom stereocenters. The quantitative estimate of drug-likeness (QED) is 0.662. The summed E-state index contributed by atoms with van der Waals surface area (Å²) in [6.07, 6.45) is 0.189. The highest BCUT2D eigenvalue weighted by molar-refractivity contribution is 5.76. The summed E-state index contributed by atoms with van der Waals surface area (Å²) in [4.78, 5) is 4.09. The van der Waals surface area contributed by atoms with Gasteiger partial charge in [0.25, 0.3) is 0 Å². The van der Waals surface area contributed by atoms with E-state index in [1.54, 1.807) is 18.2 Å². The number of rotatable bonds is 1. The van der Waals surface area contributed by atoms with Gasteiger partial charge < -0.3 is 10.2 Å². The molecule has 2 aromatic rings. The largest absolute Gasteiger partial charge is 0.440 e. The summed E-state index contributed by atoms with van der Waals surface area (Å²) in [5, 5.41) is 8.42. The Morgan fingerprint density at radius 2 is 2.38 bits per heavy atom. The lowest BCUT2D eigenvalue weighted by molar-refractivity contribution is 0.548. The highest BCUT2D eigenvalue weighted by Gasteiger charge is 2.04. The highest BCUT2D eigenvalue weighted by Crippen LogP contribution is 2.18. The Kier molecular flexibility index (Phi) is 1.64. The van der Waals surface area contributed by atoms with Gasteiger partial charge in [0, 0.05) is 5.69 Å². The number of anilines is 1. The lowest BCUT2D eigenvalue weighted by atomic mass is 10.3. The van der Waals surface area contributed by atoms with Gasteiger partial charge in [0.15, 0.2) is 5.58 Å². The summed E-state index contributed by atoms with van der Waals surface area (Å²) in [5.74, 6) is 0.433. The zero-order valence-corrected chi connectivity index (χ0v) is 6.82. The van der Waals surface area contributed by atoms with Crippen LogP contribution in [0.3, 0.4) is 0 Å². The number of nitrogens with two attached hydrogens (primary N) is 1. The summed E-state index contributed by atoms with van der Waals surface area (Å²) >= 11 is 0. The fraction of sp³-hybridized carbons (Fsp3) is 0.111. The Labute approximate surface area is 74.6 Å². The van der Waals surface area contributed by atoms with Crippen LogP contribution >= 0.6 is 0 Å². The average molecular weight is 173 g/mol. The van der Waals surface area contributed by atoms with Gasteiger partial charge in [0.05, 0.1) is 6.07 Å². The van der Waals surface area contributed by atoms with Gasteiger partial charge in [-0.3, -0.25) is 0 Å². The Balaban J connectivity index is 2.57. The molecule has 0 aliphatic rings. The molecule has 0 saturated carbocycles. The van der Waals surface area contributed by atoms with Gasteiger partial charge >= 0.3 is 0 Å². The van der Waals surface area contributed by atoms with Gasteiger partial charge in [-0.2, -0.15) is 5.26 Å². The minimum absolute atomic E-state index is 0.189. The van der Waals surface area contributed by atoms with E-state index in [1.165, 1.54) is 0 Å². The summed E-state index contributed by atoms with van der Waals surface area (Å²) in [7, 11) is 0. The van der Waals surface area contributed by atoms with Crippen molar-refractivity contribution in [3.63, 3.8) is 0 Å². The molecule has 64 valence electrons. The number of nitrogen functional groups attached to an aromatic ring is 1. The monoisotopic (exact) mass is 173 g/mol. The molecule has 0 spiro atoms. The molecule has 0 fully saturated rings. The molecule has 1 heterocycles. The van der Waals surface area contributed by atoms with E-state index in [-0.39, 0.29) is 6.42 Å². The normalized spacial score (nSPS) is 10.1. The van der Waals surface area contributed by atoms with Crippen LogP contribution in [-0.2, 0) is 6.42 Å². The van der Waals surface area contributed by atoms with Crippen LogP contribution in [-0.4, -0.2) is 4.98 Å². The van der Waals surface area contributed by atoms with Gasteiger partial charge in [-0.25, -0.2) is 4.98 Å². The fourth-order valence-corrected chi connectivity index (χ4v) is 1.14. The SMILES string of the molecule is N#CCc1nc2cc(N)ccc2o1. The van der Waals surface area contributed by atoms with Crippen molar-refractivity contribution in [2.75, 3.05) is 5.73 Å². The van der Waals surface area contributed by atoms with Crippen LogP contribution < -0.4 is 5.73 Å². The molecule has 0 radical (unpaired) electrons. The molecule has 0 bridgehead atoms. The standard InChI is InChI=1S/C9H7N3O/c10-4-3-9-12-7-5-6(11)1-2-8(7)13-9/h1-2,5H,3,11H2. The van der Waals surface area contributed by atoms with Crippen molar-refractivity contribution in [3.8, 4) is 6.07 Å². The molecule has 0 atom stereocenters. The zero-order chi connectivity index (χ0) is 9.26. The first-order valence-corrected chi connectivity index (χ1v) is 3.81. The number of nitriles is 1. The van der Waals surface area contributed by atoms with E-state index in [0.29, 0.717) is 22.7 Å². The first-order valence-electron chi connectivity index (χ1n) is 3.81. The molecule has 2 rings (SSSR count). The second-order valence-electron chi connectivity index (χ2n) is 2.67. The van der Waals surface area contributed by atoms with Crippen LogP contribution in [0.5, 0.6) is 0 Å². The maximum atomic E-state index is 8.42. The highest BCUT2D eigenvalue weighted by atomic mass is 16.3. The van der Waals surface area contributed by atoms with Crippen LogP contribution in [0.1, 0.15) is 5.89 Å². The molecule has 13 heavy (non-hydrogen) atoms. The summed E-state index contributed by atoms with van der Waals surface area (Å²) in [5.41, 5.74) is 7.57. The summed E-state index contributed by atoms with van der Waals surface area (Å²) < 4.78 is 5.27. The number of aromatic nitrogens is 1. The van der Waals surface area contributed by atoms with Crippen molar-refractivity contribution in [1.82, 2.24) is 4.98 Å².